The van der Waals surface area contributed by atoms with Gasteiger partial charge in [0.15, 0.2) is 0 Å². The van der Waals surface area contributed by atoms with Crippen molar-refractivity contribution in [1.82, 2.24) is 14.5 Å². The zero-order valence-electron chi connectivity index (χ0n) is 11.8. The molecule has 4 heteroatoms. The van der Waals surface area contributed by atoms with Gasteiger partial charge in [-0.3, -0.25) is 4.90 Å². The highest BCUT2D eigenvalue weighted by atomic mass is 32.1. The lowest BCUT2D eigenvalue weighted by Gasteiger charge is -2.20. The summed E-state index contributed by atoms with van der Waals surface area (Å²) in [6.07, 6.45) is 8.46. The van der Waals surface area contributed by atoms with Gasteiger partial charge in [0.25, 0.3) is 0 Å². The molecule has 20 heavy (non-hydrogen) atoms. The monoisotopic (exact) mass is 287 g/mol. The molecule has 4 rings (SSSR count). The molecule has 1 aliphatic heterocycles. The summed E-state index contributed by atoms with van der Waals surface area (Å²) in [6, 6.07) is 5.04. The smallest absolute Gasteiger partial charge is 0.0954 e. The second-order valence-electron chi connectivity index (χ2n) is 6.01. The molecule has 1 unspecified atom stereocenters. The Morgan fingerprint density at radius 1 is 1.30 bits per heavy atom. The molecule has 3 nitrogen and oxygen atoms in total. The van der Waals surface area contributed by atoms with E-state index in [1.165, 1.54) is 61.5 Å². The van der Waals surface area contributed by atoms with Gasteiger partial charge in [0.2, 0.25) is 0 Å². The quantitative estimate of drug-likeness (QED) is 0.864. The van der Waals surface area contributed by atoms with E-state index in [1.54, 1.807) is 0 Å². The SMILES string of the molecule is c1csc(CN2CCC(n3cnc4c3CCCC4)C2)c1. The lowest BCUT2D eigenvalue weighted by atomic mass is 10.0. The third-order valence-corrected chi connectivity index (χ3v) is 5.52. The van der Waals surface area contributed by atoms with Crippen molar-refractivity contribution in [3.63, 3.8) is 0 Å². The summed E-state index contributed by atoms with van der Waals surface area (Å²) >= 11 is 1.87. The molecule has 0 aromatic carbocycles. The van der Waals surface area contributed by atoms with E-state index in [4.69, 9.17) is 0 Å². The van der Waals surface area contributed by atoms with Crippen LogP contribution in [-0.2, 0) is 19.4 Å². The number of likely N-dealkylation sites (tertiary alicyclic amines) is 1. The molecule has 0 spiro atoms. The third-order valence-electron chi connectivity index (χ3n) is 4.66. The number of aromatic nitrogens is 2. The summed E-state index contributed by atoms with van der Waals surface area (Å²) in [6.45, 7) is 3.52. The minimum absolute atomic E-state index is 0.643. The van der Waals surface area contributed by atoms with Crippen molar-refractivity contribution in [2.45, 2.75) is 44.7 Å². The number of fused-ring (bicyclic) bond motifs is 1. The summed E-state index contributed by atoms with van der Waals surface area (Å²) in [5, 5.41) is 2.18. The van der Waals surface area contributed by atoms with Gasteiger partial charge in [-0.05, 0) is 43.6 Å². The number of imidazole rings is 1. The van der Waals surface area contributed by atoms with Crippen molar-refractivity contribution in [1.29, 1.82) is 0 Å². The maximum absolute atomic E-state index is 4.65. The van der Waals surface area contributed by atoms with Crippen LogP contribution in [0.25, 0.3) is 0 Å². The first-order chi connectivity index (χ1) is 9.90. The normalized spacial score (nSPS) is 23.1. The highest BCUT2D eigenvalue weighted by molar-refractivity contribution is 7.09. The van der Waals surface area contributed by atoms with Gasteiger partial charge in [-0.15, -0.1) is 11.3 Å². The Bertz CT molecular complexity index is 573. The lowest BCUT2D eigenvalue weighted by Crippen LogP contribution is -2.21. The van der Waals surface area contributed by atoms with E-state index in [2.05, 4.69) is 38.3 Å². The van der Waals surface area contributed by atoms with Crippen molar-refractivity contribution in [3.05, 3.63) is 40.1 Å². The summed E-state index contributed by atoms with van der Waals surface area (Å²) in [5.74, 6) is 0. The first kappa shape index (κ1) is 12.6. The summed E-state index contributed by atoms with van der Waals surface area (Å²) in [7, 11) is 0. The highest BCUT2D eigenvalue weighted by Crippen LogP contribution is 2.29. The Labute approximate surface area is 124 Å². The van der Waals surface area contributed by atoms with Crippen molar-refractivity contribution in [2.75, 3.05) is 13.1 Å². The number of thiophene rings is 1. The number of nitrogens with zero attached hydrogens (tertiary/aromatic N) is 3. The van der Waals surface area contributed by atoms with E-state index >= 15 is 0 Å². The molecule has 1 aliphatic carbocycles. The molecule has 2 aromatic heterocycles. The fraction of sp³-hybridized carbons (Fsp3) is 0.562. The zero-order valence-corrected chi connectivity index (χ0v) is 12.6. The van der Waals surface area contributed by atoms with Crippen LogP contribution in [0.2, 0.25) is 0 Å². The molecule has 0 radical (unpaired) electrons. The lowest BCUT2D eigenvalue weighted by molar-refractivity contribution is 0.317. The number of hydrogen-bond acceptors (Lipinski definition) is 3. The van der Waals surface area contributed by atoms with E-state index in [-0.39, 0.29) is 0 Å². The van der Waals surface area contributed by atoms with Crippen LogP contribution in [-0.4, -0.2) is 27.5 Å². The van der Waals surface area contributed by atoms with E-state index in [0.29, 0.717) is 6.04 Å². The number of rotatable bonds is 3. The van der Waals surface area contributed by atoms with Gasteiger partial charge < -0.3 is 4.57 Å². The van der Waals surface area contributed by atoms with Crippen molar-refractivity contribution < 1.29 is 0 Å². The largest absolute Gasteiger partial charge is 0.330 e. The second-order valence-corrected chi connectivity index (χ2v) is 7.04. The van der Waals surface area contributed by atoms with Crippen LogP contribution in [0.5, 0.6) is 0 Å². The predicted octanol–water partition coefficient (Wildman–Crippen LogP) is 3.27. The van der Waals surface area contributed by atoms with Crippen LogP contribution in [0.1, 0.15) is 41.6 Å². The summed E-state index contributed by atoms with van der Waals surface area (Å²) in [4.78, 5) is 8.72. The fourth-order valence-electron chi connectivity index (χ4n) is 3.61. The van der Waals surface area contributed by atoms with Crippen molar-refractivity contribution in [3.8, 4) is 0 Å². The van der Waals surface area contributed by atoms with Gasteiger partial charge in [0, 0.05) is 36.2 Å². The van der Waals surface area contributed by atoms with E-state index in [1.807, 2.05) is 11.3 Å². The van der Waals surface area contributed by atoms with Gasteiger partial charge in [-0.25, -0.2) is 4.98 Å². The molecule has 1 fully saturated rings. The molecule has 106 valence electrons. The molecular weight excluding hydrogens is 266 g/mol. The highest BCUT2D eigenvalue weighted by Gasteiger charge is 2.27. The first-order valence-electron chi connectivity index (χ1n) is 7.69. The molecular formula is C16H21N3S. The standard InChI is InChI=1S/C16H21N3S/c1-2-6-16-15(5-1)17-12-19(16)13-7-8-18(10-13)11-14-4-3-9-20-14/h3-4,9,12-13H,1-2,5-8,10-11H2. The van der Waals surface area contributed by atoms with Crippen LogP contribution < -0.4 is 0 Å². The van der Waals surface area contributed by atoms with Crippen LogP contribution in [0.3, 0.4) is 0 Å². The van der Waals surface area contributed by atoms with E-state index in [9.17, 15) is 0 Å². The van der Waals surface area contributed by atoms with E-state index in [0.717, 1.165) is 6.54 Å². The molecule has 1 saturated heterocycles. The first-order valence-corrected chi connectivity index (χ1v) is 8.57. The molecule has 1 atom stereocenters. The molecule has 2 aliphatic rings. The minimum Gasteiger partial charge on any atom is -0.330 e. The molecule has 0 amide bonds. The van der Waals surface area contributed by atoms with Gasteiger partial charge in [-0.1, -0.05) is 6.07 Å². The topological polar surface area (TPSA) is 21.1 Å². The minimum atomic E-state index is 0.643. The number of hydrogen-bond donors (Lipinski definition) is 0. The maximum Gasteiger partial charge on any atom is 0.0954 e. The average molecular weight is 287 g/mol. The Hall–Kier alpha value is -1.13. The van der Waals surface area contributed by atoms with Crippen LogP contribution in [0, 0.1) is 0 Å². The van der Waals surface area contributed by atoms with Gasteiger partial charge in [-0.2, -0.15) is 0 Å². The zero-order chi connectivity index (χ0) is 13.4. The summed E-state index contributed by atoms with van der Waals surface area (Å²) < 4.78 is 2.49. The molecule has 0 saturated carbocycles. The Balaban J connectivity index is 1.47. The van der Waals surface area contributed by atoms with Crippen LogP contribution >= 0.6 is 11.3 Å². The second kappa shape index (κ2) is 5.34. The average Bonchev–Trinajstić information content (AvgIpc) is 3.18. The number of aryl methyl sites for hydroxylation is 1. The summed E-state index contributed by atoms with van der Waals surface area (Å²) in [5.41, 5.74) is 2.90. The van der Waals surface area contributed by atoms with E-state index < -0.39 is 0 Å². The third kappa shape index (κ3) is 2.31. The van der Waals surface area contributed by atoms with Gasteiger partial charge in [0.1, 0.15) is 0 Å². The van der Waals surface area contributed by atoms with Gasteiger partial charge in [0.05, 0.1) is 12.0 Å². The molecule has 0 N–H and O–H groups in total. The molecule has 2 aromatic rings. The van der Waals surface area contributed by atoms with Crippen LogP contribution in [0.15, 0.2) is 23.8 Å². The maximum atomic E-state index is 4.65. The Kier molecular flexibility index (Phi) is 3.36. The molecule has 0 bridgehead atoms. The Morgan fingerprint density at radius 3 is 3.15 bits per heavy atom. The Morgan fingerprint density at radius 2 is 2.25 bits per heavy atom. The van der Waals surface area contributed by atoms with Gasteiger partial charge >= 0.3 is 0 Å². The fourth-order valence-corrected chi connectivity index (χ4v) is 4.36. The van der Waals surface area contributed by atoms with Crippen molar-refractivity contribution in [2.24, 2.45) is 0 Å². The molecule has 3 heterocycles. The van der Waals surface area contributed by atoms with Crippen molar-refractivity contribution >= 4 is 11.3 Å². The predicted molar refractivity (Wildman–Crippen MR) is 82.1 cm³/mol. The van der Waals surface area contributed by atoms with Crippen LogP contribution in [0.4, 0.5) is 0 Å².